The van der Waals surface area contributed by atoms with Crippen LogP contribution in [-0.2, 0) is 4.79 Å². The molecular weight excluding hydrogens is 306 g/mol. The second-order valence-corrected chi connectivity index (χ2v) is 5.82. The Balaban J connectivity index is 1.67. The Kier molecular flexibility index (Phi) is 7.33. The van der Waals surface area contributed by atoms with E-state index in [1.165, 1.54) is 18.9 Å². The van der Waals surface area contributed by atoms with Gasteiger partial charge < -0.3 is 14.5 Å². The largest absolute Gasteiger partial charge is 0.493 e. The van der Waals surface area contributed by atoms with Gasteiger partial charge in [0.15, 0.2) is 0 Å². The van der Waals surface area contributed by atoms with Crippen molar-refractivity contribution >= 4 is 16.9 Å². The molecule has 0 atom stereocenters. The topological polar surface area (TPSA) is 68.5 Å². The van der Waals surface area contributed by atoms with Crippen LogP contribution in [0.1, 0.15) is 45.4 Å². The summed E-state index contributed by atoms with van der Waals surface area (Å²) in [4.78, 5) is 22.9. The van der Waals surface area contributed by atoms with E-state index >= 15 is 0 Å². The molecule has 24 heavy (non-hydrogen) atoms. The van der Waals surface area contributed by atoms with Crippen molar-refractivity contribution in [2.24, 2.45) is 0 Å². The normalized spacial score (nSPS) is 10.7. The predicted octanol–water partition coefficient (Wildman–Crippen LogP) is 3.65. The molecule has 1 aromatic carbocycles. The van der Waals surface area contributed by atoms with Crippen molar-refractivity contribution in [3.05, 3.63) is 40.8 Å². The van der Waals surface area contributed by atoms with Gasteiger partial charge in [0, 0.05) is 30.5 Å². The third kappa shape index (κ3) is 6.07. The summed E-state index contributed by atoms with van der Waals surface area (Å²) in [5, 5.41) is 3.78. The maximum Gasteiger partial charge on any atom is 0.336 e. The molecule has 0 aliphatic heterocycles. The zero-order valence-electron chi connectivity index (χ0n) is 14.2. The molecular formula is C19H25NO4. The maximum atomic E-state index is 11.7. The van der Waals surface area contributed by atoms with Gasteiger partial charge in [0.1, 0.15) is 11.3 Å². The highest BCUT2D eigenvalue weighted by molar-refractivity contribution is 5.77. The molecule has 1 N–H and O–H groups in total. The fraction of sp³-hybridized carbons (Fsp3) is 0.474. The molecule has 0 aliphatic carbocycles. The molecule has 0 unspecified atom stereocenters. The maximum absolute atomic E-state index is 11.7. The average Bonchev–Trinajstić information content (AvgIpc) is 2.58. The number of fused-ring (bicyclic) bond motifs is 1. The molecule has 1 aromatic heterocycles. The Bertz CT molecular complexity index is 708. The van der Waals surface area contributed by atoms with Crippen molar-refractivity contribution in [3.63, 3.8) is 0 Å². The van der Waals surface area contributed by atoms with Gasteiger partial charge in [-0.3, -0.25) is 4.79 Å². The lowest BCUT2D eigenvalue weighted by Crippen LogP contribution is -2.24. The fourth-order valence-corrected chi connectivity index (χ4v) is 2.42. The number of hydrogen-bond acceptors (Lipinski definition) is 4. The van der Waals surface area contributed by atoms with Gasteiger partial charge in [-0.1, -0.05) is 26.2 Å². The highest BCUT2D eigenvalue weighted by atomic mass is 16.5. The van der Waals surface area contributed by atoms with Gasteiger partial charge in [0.2, 0.25) is 5.91 Å². The summed E-state index contributed by atoms with van der Waals surface area (Å²) >= 11 is 0. The highest BCUT2D eigenvalue weighted by Gasteiger charge is 2.03. The summed E-state index contributed by atoms with van der Waals surface area (Å²) in [7, 11) is 0. The van der Waals surface area contributed by atoms with Gasteiger partial charge in [-0.05, 0) is 31.0 Å². The number of nitrogens with one attached hydrogen (secondary N) is 1. The summed E-state index contributed by atoms with van der Waals surface area (Å²) in [5.41, 5.74) is 0.125. The van der Waals surface area contributed by atoms with Crippen LogP contribution in [0.2, 0.25) is 0 Å². The first-order chi connectivity index (χ1) is 11.7. The van der Waals surface area contributed by atoms with Gasteiger partial charge in [-0.15, -0.1) is 0 Å². The molecule has 0 saturated carbocycles. The quantitative estimate of drug-likeness (QED) is 0.533. The lowest BCUT2D eigenvalue weighted by molar-refractivity contribution is -0.121. The summed E-state index contributed by atoms with van der Waals surface area (Å²) in [6, 6.07) is 8.48. The van der Waals surface area contributed by atoms with Crippen LogP contribution in [0.4, 0.5) is 0 Å². The molecule has 0 aliphatic rings. The Labute approximate surface area is 142 Å². The molecule has 1 amide bonds. The summed E-state index contributed by atoms with van der Waals surface area (Å²) in [6.45, 7) is 3.37. The molecule has 0 fully saturated rings. The van der Waals surface area contributed by atoms with E-state index in [4.69, 9.17) is 9.15 Å². The number of unbranched alkanes of at least 4 members (excludes halogenated alkanes) is 3. The molecule has 5 nitrogen and oxygen atoms in total. The summed E-state index contributed by atoms with van der Waals surface area (Å²) in [5.74, 6) is 0.705. The molecule has 130 valence electrons. The van der Waals surface area contributed by atoms with Gasteiger partial charge in [-0.25, -0.2) is 4.79 Å². The van der Waals surface area contributed by atoms with Crippen LogP contribution in [0.15, 0.2) is 39.5 Å². The van der Waals surface area contributed by atoms with E-state index in [0.29, 0.717) is 30.8 Å². The van der Waals surface area contributed by atoms with Gasteiger partial charge >= 0.3 is 5.63 Å². The van der Waals surface area contributed by atoms with Crippen molar-refractivity contribution in [2.75, 3.05) is 13.2 Å². The minimum absolute atomic E-state index is 0.0691. The first-order valence-electron chi connectivity index (χ1n) is 8.62. The molecule has 5 heteroatoms. The zero-order valence-corrected chi connectivity index (χ0v) is 14.2. The number of amides is 1. The molecule has 0 radical (unpaired) electrons. The van der Waals surface area contributed by atoms with E-state index in [0.717, 1.165) is 24.8 Å². The van der Waals surface area contributed by atoms with Crippen molar-refractivity contribution in [1.29, 1.82) is 0 Å². The van der Waals surface area contributed by atoms with Gasteiger partial charge in [0.25, 0.3) is 0 Å². The zero-order chi connectivity index (χ0) is 17.2. The van der Waals surface area contributed by atoms with E-state index in [1.807, 2.05) is 12.1 Å². The van der Waals surface area contributed by atoms with Crippen molar-refractivity contribution in [1.82, 2.24) is 5.32 Å². The molecule has 0 bridgehead atoms. The number of carbonyl (C=O) groups is 1. The molecule has 2 rings (SSSR count). The van der Waals surface area contributed by atoms with E-state index in [9.17, 15) is 9.59 Å². The van der Waals surface area contributed by atoms with Crippen molar-refractivity contribution in [3.8, 4) is 5.75 Å². The molecule has 2 aromatic rings. The minimum Gasteiger partial charge on any atom is -0.493 e. The van der Waals surface area contributed by atoms with Crippen molar-refractivity contribution in [2.45, 2.75) is 45.4 Å². The predicted molar refractivity (Wildman–Crippen MR) is 94.4 cm³/mol. The van der Waals surface area contributed by atoms with Crippen LogP contribution in [0.5, 0.6) is 5.75 Å². The first kappa shape index (κ1) is 18.0. The number of rotatable bonds is 10. The first-order valence-corrected chi connectivity index (χ1v) is 8.62. The van der Waals surface area contributed by atoms with Crippen LogP contribution in [0.3, 0.4) is 0 Å². The highest BCUT2D eigenvalue weighted by Crippen LogP contribution is 2.19. The standard InChI is InChI=1S/C19H25NO4/c1-2-3-4-5-12-20-18(21)7-6-13-23-16-10-8-15-9-11-19(22)24-17(15)14-16/h8-11,14H,2-7,12-13H2,1H3,(H,20,21). The van der Waals surface area contributed by atoms with E-state index in [2.05, 4.69) is 12.2 Å². The number of carbonyl (C=O) groups excluding carboxylic acids is 1. The third-order valence-corrected chi connectivity index (χ3v) is 3.76. The fourth-order valence-electron chi connectivity index (χ4n) is 2.42. The number of ether oxygens (including phenoxy) is 1. The lowest BCUT2D eigenvalue weighted by Gasteiger charge is -2.07. The minimum atomic E-state index is -0.379. The van der Waals surface area contributed by atoms with Gasteiger partial charge in [0.05, 0.1) is 6.61 Å². The Morgan fingerprint density at radius 2 is 1.96 bits per heavy atom. The van der Waals surface area contributed by atoms with Crippen molar-refractivity contribution < 1.29 is 13.9 Å². The van der Waals surface area contributed by atoms with Crippen LogP contribution in [0, 0.1) is 0 Å². The van der Waals surface area contributed by atoms with Crippen LogP contribution < -0.4 is 15.7 Å². The SMILES string of the molecule is CCCCCCNC(=O)CCCOc1ccc2ccc(=O)oc2c1. The second-order valence-electron chi connectivity index (χ2n) is 5.82. The summed E-state index contributed by atoms with van der Waals surface area (Å²) in [6.07, 6.45) is 5.73. The lowest BCUT2D eigenvalue weighted by atomic mass is 10.2. The third-order valence-electron chi connectivity index (χ3n) is 3.76. The Morgan fingerprint density at radius 1 is 1.12 bits per heavy atom. The molecule has 0 saturated heterocycles. The monoisotopic (exact) mass is 331 g/mol. The van der Waals surface area contributed by atoms with E-state index in [1.54, 1.807) is 12.1 Å². The van der Waals surface area contributed by atoms with Crippen LogP contribution >= 0.6 is 0 Å². The number of hydrogen-bond donors (Lipinski definition) is 1. The Morgan fingerprint density at radius 3 is 2.79 bits per heavy atom. The van der Waals surface area contributed by atoms with Crippen LogP contribution in [-0.4, -0.2) is 19.1 Å². The average molecular weight is 331 g/mol. The molecule has 0 spiro atoms. The smallest absolute Gasteiger partial charge is 0.336 e. The van der Waals surface area contributed by atoms with Crippen LogP contribution in [0.25, 0.3) is 11.0 Å². The molecule has 1 heterocycles. The van der Waals surface area contributed by atoms with E-state index < -0.39 is 0 Å². The second kappa shape index (κ2) is 9.75. The Hall–Kier alpha value is -2.30. The number of benzene rings is 1. The summed E-state index contributed by atoms with van der Waals surface area (Å²) < 4.78 is 10.7. The van der Waals surface area contributed by atoms with E-state index in [-0.39, 0.29) is 11.5 Å². The van der Waals surface area contributed by atoms with Gasteiger partial charge in [-0.2, -0.15) is 0 Å².